The van der Waals surface area contributed by atoms with Crippen LogP contribution in [0.15, 0.2) is 42.7 Å². The molecule has 2 aromatic carbocycles. The minimum Gasteiger partial charge on any atom is -0.506 e. The average Bonchev–Trinajstić information content (AvgIpc) is 3.27. The molecule has 4 aromatic rings. The van der Waals surface area contributed by atoms with Crippen molar-refractivity contribution in [1.29, 1.82) is 0 Å². The zero-order chi connectivity index (χ0) is 19.4. The van der Waals surface area contributed by atoms with Gasteiger partial charge in [-0.3, -0.25) is 0 Å². The Morgan fingerprint density at radius 3 is 2.54 bits per heavy atom. The van der Waals surface area contributed by atoms with Crippen LogP contribution in [0.2, 0.25) is 5.02 Å². The number of nitrogens with zero attached hydrogens (tertiary/aromatic N) is 4. The maximum absolute atomic E-state index is 14.1. The van der Waals surface area contributed by atoms with Crippen molar-refractivity contribution in [2.75, 3.05) is 5.73 Å². The number of aromatic hydroxyl groups is 1. The fraction of sp³-hybridized carbons (Fsp3) is 0.150. The molecule has 0 radical (unpaired) electrons. The minimum atomic E-state index is -0.733. The molecule has 5 rings (SSSR count). The molecule has 0 bridgehead atoms. The molecule has 0 atom stereocenters. The SMILES string of the molecule is Nc1ncnc2c1c(-c1cc(O)c(Cl)c(F)c1)nn2C1Cc2ccccc2C1. The van der Waals surface area contributed by atoms with Gasteiger partial charge < -0.3 is 10.8 Å². The van der Waals surface area contributed by atoms with Crippen LogP contribution >= 0.6 is 11.6 Å². The van der Waals surface area contributed by atoms with Gasteiger partial charge in [-0.15, -0.1) is 0 Å². The van der Waals surface area contributed by atoms with E-state index in [4.69, 9.17) is 22.4 Å². The molecule has 3 N–H and O–H groups in total. The molecule has 2 heterocycles. The lowest BCUT2D eigenvalue weighted by Crippen LogP contribution is -2.11. The van der Waals surface area contributed by atoms with Crippen molar-refractivity contribution in [2.24, 2.45) is 0 Å². The second-order valence-electron chi connectivity index (χ2n) is 6.87. The molecule has 8 heteroatoms. The summed E-state index contributed by atoms with van der Waals surface area (Å²) >= 11 is 5.75. The molecule has 2 aromatic heterocycles. The van der Waals surface area contributed by atoms with Crippen LogP contribution < -0.4 is 5.73 Å². The summed E-state index contributed by atoms with van der Waals surface area (Å²) in [7, 11) is 0. The third-order valence-electron chi connectivity index (χ3n) is 5.18. The summed E-state index contributed by atoms with van der Waals surface area (Å²) in [6.07, 6.45) is 3.02. The maximum Gasteiger partial charge on any atom is 0.164 e. The fourth-order valence-corrected chi connectivity index (χ4v) is 3.98. The normalized spacial score (nSPS) is 13.9. The summed E-state index contributed by atoms with van der Waals surface area (Å²) in [6.45, 7) is 0. The molecule has 0 unspecified atom stereocenters. The van der Waals surface area contributed by atoms with Crippen LogP contribution in [0.1, 0.15) is 17.2 Å². The standard InChI is InChI=1S/C20H15ClFN5O/c21-17-14(22)7-12(8-15(17)28)18-16-19(23)24-9-25-20(16)27(26-18)13-5-10-3-1-2-4-11(10)6-13/h1-4,7-9,13,28H,5-6H2,(H2,23,24,25). The van der Waals surface area contributed by atoms with Gasteiger partial charge in [0.1, 0.15) is 34.4 Å². The maximum atomic E-state index is 14.1. The number of aromatic nitrogens is 4. The molecule has 28 heavy (non-hydrogen) atoms. The zero-order valence-corrected chi connectivity index (χ0v) is 15.4. The molecule has 140 valence electrons. The lowest BCUT2D eigenvalue weighted by molar-refractivity contribution is 0.469. The van der Waals surface area contributed by atoms with Crippen molar-refractivity contribution in [2.45, 2.75) is 18.9 Å². The lowest BCUT2D eigenvalue weighted by Gasteiger charge is -2.10. The van der Waals surface area contributed by atoms with E-state index >= 15 is 0 Å². The first-order valence-electron chi connectivity index (χ1n) is 8.76. The lowest BCUT2D eigenvalue weighted by atomic mass is 10.1. The molecule has 1 aliphatic carbocycles. The molecule has 0 saturated heterocycles. The van der Waals surface area contributed by atoms with Gasteiger partial charge in [-0.25, -0.2) is 19.0 Å². The molecule has 1 aliphatic rings. The quantitative estimate of drug-likeness (QED) is 0.537. The van der Waals surface area contributed by atoms with Crippen LogP contribution in [0, 0.1) is 5.82 Å². The van der Waals surface area contributed by atoms with Gasteiger partial charge >= 0.3 is 0 Å². The number of rotatable bonds is 2. The van der Waals surface area contributed by atoms with E-state index in [9.17, 15) is 9.50 Å². The Labute approximate surface area is 164 Å². The number of hydrogen-bond acceptors (Lipinski definition) is 5. The van der Waals surface area contributed by atoms with Crippen molar-refractivity contribution >= 4 is 28.5 Å². The van der Waals surface area contributed by atoms with E-state index < -0.39 is 5.82 Å². The van der Waals surface area contributed by atoms with E-state index in [0.29, 0.717) is 22.3 Å². The zero-order valence-electron chi connectivity index (χ0n) is 14.6. The highest BCUT2D eigenvalue weighted by atomic mass is 35.5. The first-order chi connectivity index (χ1) is 13.5. The number of anilines is 1. The van der Waals surface area contributed by atoms with Crippen LogP contribution in [-0.2, 0) is 12.8 Å². The van der Waals surface area contributed by atoms with Gasteiger partial charge in [-0.05, 0) is 36.1 Å². The summed E-state index contributed by atoms with van der Waals surface area (Å²) in [6, 6.07) is 10.9. The molecule has 0 aliphatic heterocycles. The monoisotopic (exact) mass is 395 g/mol. The van der Waals surface area contributed by atoms with Crippen LogP contribution in [0.25, 0.3) is 22.3 Å². The van der Waals surface area contributed by atoms with Crippen molar-refractivity contribution in [3.8, 4) is 17.0 Å². The number of nitrogen functional groups attached to an aromatic ring is 1. The number of phenolic OH excluding ortho intramolecular Hbond substituents is 1. The Bertz CT molecular complexity index is 1190. The number of hydrogen-bond donors (Lipinski definition) is 2. The third kappa shape index (κ3) is 2.51. The van der Waals surface area contributed by atoms with E-state index in [1.54, 1.807) is 0 Å². The predicted molar refractivity (Wildman–Crippen MR) is 105 cm³/mol. The number of benzene rings is 2. The number of phenols is 1. The Morgan fingerprint density at radius 1 is 1.14 bits per heavy atom. The number of fused-ring (bicyclic) bond motifs is 2. The average molecular weight is 396 g/mol. The summed E-state index contributed by atoms with van der Waals surface area (Å²) in [5.41, 5.74) is 10.0. The summed E-state index contributed by atoms with van der Waals surface area (Å²) in [5, 5.41) is 14.9. The van der Waals surface area contributed by atoms with Crippen LogP contribution in [0.5, 0.6) is 5.75 Å². The van der Waals surface area contributed by atoms with E-state index in [0.717, 1.165) is 12.8 Å². The summed E-state index contributed by atoms with van der Waals surface area (Å²) in [5.74, 6) is -0.845. The van der Waals surface area contributed by atoms with E-state index in [-0.39, 0.29) is 22.6 Å². The highest BCUT2D eigenvalue weighted by molar-refractivity contribution is 6.32. The van der Waals surface area contributed by atoms with Crippen LogP contribution in [0.4, 0.5) is 10.2 Å². The smallest absolute Gasteiger partial charge is 0.164 e. The summed E-state index contributed by atoms with van der Waals surface area (Å²) in [4.78, 5) is 8.45. The van der Waals surface area contributed by atoms with Crippen molar-refractivity contribution in [3.63, 3.8) is 0 Å². The van der Waals surface area contributed by atoms with Gasteiger partial charge in [0.25, 0.3) is 0 Å². The summed E-state index contributed by atoms with van der Waals surface area (Å²) < 4.78 is 15.9. The number of nitrogens with two attached hydrogens (primary N) is 1. The van der Waals surface area contributed by atoms with Crippen molar-refractivity contribution < 1.29 is 9.50 Å². The van der Waals surface area contributed by atoms with E-state index in [1.807, 2.05) is 16.8 Å². The minimum absolute atomic E-state index is 0.0636. The second-order valence-corrected chi connectivity index (χ2v) is 7.25. The van der Waals surface area contributed by atoms with Gasteiger partial charge in [0, 0.05) is 5.56 Å². The van der Waals surface area contributed by atoms with Crippen molar-refractivity contribution in [1.82, 2.24) is 19.7 Å². The third-order valence-corrected chi connectivity index (χ3v) is 5.55. The number of halogens is 2. The second kappa shape index (κ2) is 6.17. The first kappa shape index (κ1) is 16.9. The van der Waals surface area contributed by atoms with Gasteiger partial charge in [0.15, 0.2) is 5.65 Å². The molecular formula is C20H15ClFN5O. The Balaban J connectivity index is 1.70. The van der Waals surface area contributed by atoms with Crippen LogP contribution in [-0.4, -0.2) is 24.9 Å². The molecule has 0 amide bonds. The van der Waals surface area contributed by atoms with Crippen LogP contribution in [0.3, 0.4) is 0 Å². The molecular weight excluding hydrogens is 381 g/mol. The van der Waals surface area contributed by atoms with Gasteiger partial charge in [-0.2, -0.15) is 5.10 Å². The van der Waals surface area contributed by atoms with E-state index in [2.05, 4.69) is 22.1 Å². The highest BCUT2D eigenvalue weighted by Gasteiger charge is 2.28. The van der Waals surface area contributed by atoms with Gasteiger partial charge in [0.2, 0.25) is 0 Å². The highest BCUT2D eigenvalue weighted by Crippen LogP contribution is 2.38. The Kier molecular flexibility index (Phi) is 3.73. The van der Waals surface area contributed by atoms with Gasteiger partial charge in [0.05, 0.1) is 11.4 Å². The molecule has 0 saturated carbocycles. The largest absolute Gasteiger partial charge is 0.506 e. The van der Waals surface area contributed by atoms with E-state index in [1.165, 1.54) is 29.6 Å². The van der Waals surface area contributed by atoms with Gasteiger partial charge in [-0.1, -0.05) is 35.9 Å². The molecule has 0 spiro atoms. The fourth-order valence-electron chi connectivity index (χ4n) is 3.87. The topological polar surface area (TPSA) is 89.8 Å². The van der Waals surface area contributed by atoms with Crippen molar-refractivity contribution in [3.05, 3.63) is 64.7 Å². The predicted octanol–water partition coefficient (Wildman–Crippen LogP) is 3.91. The first-order valence-corrected chi connectivity index (χ1v) is 9.14. The Morgan fingerprint density at radius 2 is 1.86 bits per heavy atom. The Hall–Kier alpha value is -3.19. The molecule has 0 fully saturated rings. The molecule has 6 nitrogen and oxygen atoms in total.